The number of carbonyl (C=O) groups is 1. The number of aromatic carboxylic acids is 1. The highest BCUT2D eigenvalue weighted by molar-refractivity contribution is 6.42. The first kappa shape index (κ1) is 20.3. The fraction of sp³-hybridized carbons (Fsp3) is 0.182. The molecular formula is C22H20Cl2N2O2. The number of nitrogens with zero attached hydrogens (tertiary/aromatic N) is 1. The van der Waals surface area contributed by atoms with Crippen molar-refractivity contribution in [2.24, 2.45) is 5.73 Å². The van der Waals surface area contributed by atoms with Crippen LogP contribution in [0.15, 0.2) is 67.0 Å². The van der Waals surface area contributed by atoms with Crippen LogP contribution in [-0.4, -0.2) is 16.1 Å². The largest absolute Gasteiger partial charge is 0.478 e. The first-order valence-corrected chi connectivity index (χ1v) is 9.65. The molecule has 3 N–H and O–H groups in total. The van der Waals surface area contributed by atoms with Crippen LogP contribution in [0.3, 0.4) is 0 Å². The van der Waals surface area contributed by atoms with Crippen molar-refractivity contribution < 1.29 is 9.90 Å². The molecule has 6 heteroatoms. The molecule has 1 aromatic heterocycles. The van der Waals surface area contributed by atoms with Crippen LogP contribution in [-0.2, 0) is 0 Å². The number of fused-ring (bicyclic) bond motifs is 1. The highest BCUT2D eigenvalue weighted by atomic mass is 35.5. The molecule has 0 saturated carbocycles. The fourth-order valence-corrected chi connectivity index (χ4v) is 3.69. The predicted molar refractivity (Wildman–Crippen MR) is 112 cm³/mol. The van der Waals surface area contributed by atoms with Gasteiger partial charge in [-0.15, -0.1) is 0 Å². The molecule has 144 valence electrons. The van der Waals surface area contributed by atoms with Crippen LogP contribution in [0.4, 0.5) is 0 Å². The summed E-state index contributed by atoms with van der Waals surface area (Å²) in [6.45, 7) is 0. The van der Waals surface area contributed by atoms with E-state index < -0.39 is 5.97 Å². The Hall–Kier alpha value is -2.40. The molecule has 0 saturated heterocycles. The number of aromatic nitrogens is 1. The van der Waals surface area contributed by atoms with E-state index in [1.807, 2.05) is 12.1 Å². The average molecular weight is 415 g/mol. The SMILES string of the molecule is N[C@H]1CC[C@@H](c2ccc(Cl)c(Cl)c2)c2ccccc21.O=C(O)c1cccnc1. The lowest BCUT2D eigenvalue weighted by Gasteiger charge is -2.30. The number of halogens is 2. The number of pyridine rings is 1. The molecule has 0 amide bonds. The number of nitrogens with two attached hydrogens (primary N) is 1. The Kier molecular flexibility index (Phi) is 6.68. The summed E-state index contributed by atoms with van der Waals surface area (Å²) in [5, 5.41) is 9.56. The lowest BCUT2D eigenvalue weighted by Crippen LogP contribution is -2.20. The van der Waals surface area contributed by atoms with Crippen LogP contribution < -0.4 is 5.73 Å². The molecule has 3 aromatic rings. The maximum atomic E-state index is 10.2. The molecule has 4 nitrogen and oxygen atoms in total. The van der Waals surface area contributed by atoms with E-state index in [0.29, 0.717) is 16.0 Å². The van der Waals surface area contributed by atoms with E-state index in [0.717, 1.165) is 12.8 Å². The number of hydrogen-bond donors (Lipinski definition) is 2. The Bertz CT molecular complexity index is 964. The van der Waals surface area contributed by atoms with Crippen molar-refractivity contribution >= 4 is 29.2 Å². The molecule has 2 atom stereocenters. The van der Waals surface area contributed by atoms with E-state index in [2.05, 4.69) is 35.3 Å². The predicted octanol–water partition coefficient (Wildman–Crippen LogP) is 5.70. The van der Waals surface area contributed by atoms with Gasteiger partial charge in [-0.2, -0.15) is 0 Å². The van der Waals surface area contributed by atoms with Gasteiger partial charge in [0.1, 0.15) is 0 Å². The minimum absolute atomic E-state index is 0.148. The van der Waals surface area contributed by atoms with Crippen LogP contribution in [0, 0.1) is 0 Å². The molecule has 1 aliphatic carbocycles. The third kappa shape index (κ3) is 4.71. The second-order valence-electron chi connectivity index (χ2n) is 6.59. The van der Waals surface area contributed by atoms with E-state index in [1.165, 1.54) is 35.2 Å². The molecular weight excluding hydrogens is 395 g/mol. The van der Waals surface area contributed by atoms with Crippen molar-refractivity contribution in [2.45, 2.75) is 24.8 Å². The van der Waals surface area contributed by atoms with Gasteiger partial charge < -0.3 is 10.8 Å². The van der Waals surface area contributed by atoms with Crippen molar-refractivity contribution in [2.75, 3.05) is 0 Å². The van der Waals surface area contributed by atoms with Crippen molar-refractivity contribution in [3.05, 3.63) is 99.3 Å². The fourth-order valence-electron chi connectivity index (χ4n) is 3.39. The zero-order chi connectivity index (χ0) is 20.1. The first-order chi connectivity index (χ1) is 13.5. The van der Waals surface area contributed by atoms with Gasteiger partial charge in [0.05, 0.1) is 15.6 Å². The van der Waals surface area contributed by atoms with Crippen molar-refractivity contribution in [1.82, 2.24) is 4.98 Å². The molecule has 2 aromatic carbocycles. The van der Waals surface area contributed by atoms with Gasteiger partial charge in [-0.1, -0.05) is 53.5 Å². The first-order valence-electron chi connectivity index (χ1n) is 8.90. The molecule has 1 aliphatic rings. The van der Waals surface area contributed by atoms with Gasteiger partial charge in [-0.3, -0.25) is 4.98 Å². The third-order valence-corrected chi connectivity index (χ3v) is 5.53. The van der Waals surface area contributed by atoms with E-state index in [4.69, 9.17) is 34.0 Å². The summed E-state index contributed by atoms with van der Waals surface area (Å²) >= 11 is 12.1. The van der Waals surface area contributed by atoms with Crippen LogP contribution in [0.2, 0.25) is 10.0 Å². The van der Waals surface area contributed by atoms with E-state index >= 15 is 0 Å². The monoisotopic (exact) mass is 414 g/mol. The van der Waals surface area contributed by atoms with Crippen LogP contribution in [0.25, 0.3) is 0 Å². The van der Waals surface area contributed by atoms with Crippen molar-refractivity contribution in [1.29, 1.82) is 0 Å². The van der Waals surface area contributed by atoms with Crippen molar-refractivity contribution in [3.8, 4) is 0 Å². The summed E-state index contributed by atoms with van der Waals surface area (Å²) in [6.07, 6.45) is 4.90. The summed E-state index contributed by atoms with van der Waals surface area (Å²) < 4.78 is 0. The molecule has 0 spiro atoms. The Morgan fingerprint density at radius 2 is 1.75 bits per heavy atom. The zero-order valence-electron chi connectivity index (χ0n) is 15.1. The summed E-state index contributed by atoms with van der Waals surface area (Å²) in [5.74, 6) is -0.575. The topological polar surface area (TPSA) is 76.2 Å². The number of hydrogen-bond acceptors (Lipinski definition) is 3. The van der Waals surface area contributed by atoms with Crippen molar-refractivity contribution in [3.63, 3.8) is 0 Å². The quantitative estimate of drug-likeness (QED) is 0.563. The molecule has 28 heavy (non-hydrogen) atoms. The van der Waals surface area contributed by atoms with E-state index in [9.17, 15) is 4.79 Å². The molecule has 0 bridgehead atoms. The van der Waals surface area contributed by atoms with Gasteiger partial charge in [-0.05, 0) is 53.8 Å². The highest BCUT2D eigenvalue weighted by Crippen LogP contribution is 2.41. The van der Waals surface area contributed by atoms with Gasteiger partial charge in [0.25, 0.3) is 0 Å². The second-order valence-corrected chi connectivity index (χ2v) is 7.40. The number of carboxylic acid groups (broad SMARTS) is 1. The maximum Gasteiger partial charge on any atom is 0.337 e. The molecule has 0 aliphatic heterocycles. The number of carboxylic acids is 1. The zero-order valence-corrected chi connectivity index (χ0v) is 16.6. The second kappa shape index (κ2) is 9.20. The summed E-state index contributed by atoms with van der Waals surface area (Å²) in [5.41, 5.74) is 10.2. The van der Waals surface area contributed by atoms with Gasteiger partial charge in [0, 0.05) is 24.4 Å². The standard InChI is InChI=1S/C16H15Cl2N.C6H5NO2/c17-14-7-5-10(9-15(14)18)11-6-8-16(19)13-4-2-1-3-12(11)13;8-6(9)5-2-1-3-7-4-5/h1-5,7,9,11,16H,6,8,19H2;1-4H,(H,8,9)/t11-,16-;/m0./s1. The smallest absolute Gasteiger partial charge is 0.337 e. The van der Waals surface area contributed by atoms with Crippen LogP contribution in [0.1, 0.15) is 51.8 Å². The lowest BCUT2D eigenvalue weighted by molar-refractivity contribution is 0.0696. The molecule has 0 unspecified atom stereocenters. The third-order valence-electron chi connectivity index (χ3n) is 4.79. The Balaban J connectivity index is 0.000000211. The van der Waals surface area contributed by atoms with E-state index in [-0.39, 0.29) is 11.6 Å². The highest BCUT2D eigenvalue weighted by Gasteiger charge is 2.26. The van der Waals surface area contributed by atoms with Crippen LogP contribution in [0.5, 0.6) is 0 Å². The molecule has 1 heterocycles. The minimum Gasteiger partial charge on any atom is -0.478 e. The van der Waals surface area contributed by atoms with Gasteiger partial charge in [0.2, 0.25) is 0 Å². The molecule has 0 fully saturated rings. The minimum atomic E-state index is -0.942. The Labute approximate surface area is 173 Å². The Morgan fingerprint density at radius 3 is 2.36 bits per heavy atom. The van der Waals surface area contributed by atoms with Gasteiger partial charge in [0.15, 0.2) is 0 Å². The normalized spacial score (nSPS) is 17.8. The average Bonchev–Trinajstić information content (AvgIpc) is 2.72. The molecule has 4 rings (SSSR count). The summed E-state index contributed by atoms with van der Waals surface area (Å²) in [4.78, 5) is 13.8. The lowest BCUT2D eigenvalue weighted by atomic mass is 9.77. The maximum absolute atomic E-state index is 10.2. The number of benzene rings is 2. The number of rotatable bonds is 2. The summed E-state index contributed by atoms with van der Waals surface area (Å²) in [7, 11) is 0. The summed E-state index contributed by atoms with van der Waals surface area (Å²) in [6, 6.07) is 17.6. The van der Waals surface area contributed by atoms with Crippen LogP contribution >= 0.6 is 23.2 Å². The van der Waals surface area contributed by atoms with E-state index in [1.54, 1.807) is 6.07 Å². The van der Waals surface area contributed by atoms with Gasteiger partial charge in [-0.25, -0.2) is 4.79 Å². The Morgan fingerprint density at radius 1 is 1.00 bits per heavy atom. The molecule has 0 radical (unpaired) electrons. The van der Waals surface area contributed by atoms with Gasteiger partial charge >= 0.3 is 5.97 Å².